The summed E-state index contributed by atoms with van der Waals surface area (Å²) in [6.07, 6.45) is 0. The smallest absolute Gasteiger partial charge is 0.255 e. The highest BCUT2D eigenvalue weighted by molar-refractivity contribution is 7.80. The first-order valence-electron chi connectivity index (χ1n) is 7.86. The van der Waals surface area contributed by atoms with Gasteiger partial charge in [0.25, 0.3) is 5.91 Å². The van der Waals surface area contributed by atoms with E-state index < -0.39 is 6.04 Å². The lowest BCUT2D eigenvalue weighted by molar-refractivity contribution is -0.113. The van der Waals surface area contributed by atoms with Gasteiger partial charge < -0.3 is 16.0 Å². The molecular weight excluding hydrogens is 354 g/mol. The van der Waals surface area contributed by atoms with Crippen LogP contribution in [0.1, 0.15) is 24.1 Å². The van der Waals surface area contributed by atoms with Crippen molar-refractivity contribution in [1.29, 1.82) is 0 Å². The van der Waals surface area contributed by atoms with Crippen LogP contribution < -0.4 is 16.0 Å². The van der Waals surface area contributed by atoms with E-state index >= 15 is 0 Å². The zero-order valence-corrected chi connectivity index (χ0v) is 15.5. The van der Waals surface area contributed by atoms with Crippen molar-refractivity contribution in [2.45, 2.75) is 19.9 Å². The molecule has 0 saturated heterocycles. The molecular formula is C19H18ClN3OS. The third kappa shape index (κ3) is 3.83. The summed E-state index contributed by atoms with van der Waals surface area (Å²) < 4.78 is 0. The van der Waals surface area contributed by atoms with Gasteiger partial charge in [-0.3, -0.25) is 4.79 Å². The fraction of sp³-hybridized carbons (Fsp3) is 0.158. The minimum absolute atomic E-state index is 0.199. The first-order valence-corrected chi connectivity index (χ1v) is 8.65. The average molecular weight is 372 g/mol. The van der Waals surface area contributed by atoms with Crippen molar-refractivity contribution in [2.75, 3.05) is 5.32 Å². The van der Waals surface area contributed by atoms with Crippen LogP contribution in [0, 0.1) is 6.92 Å². The molecule has 0 unspecified atom stereocenters. The largest absolute Gasteiger partial charge is 0.351 e. The molecule has 0 aliphatic carbocycles. The predicted octanol–water partition coefficient (Wildman–Crippen LogP) is 4.08. The van der Waals surface area contributed by atoms with Gasteiger partial charge in [-0.25, -0.2) is 0 Å². The SMILES string of the molecule is CC1=C(C(=O)Nc2cccc(C)c2)[C@H](c2ccccc2Cl)NC(=S)N1. The zero-order valence-electron chi connectivity index (χ0n) is 13.9. The summed E-state index contributed by atoms with van der Waals surface area (Å²) in [5, 5.41) is 10.2. The Kier molecular flexibility index (Phi) is 5.06. The molecule has 1 aliphatic heterocycles. The van der Waals surface area contributed by atoms with Gasteiger partial charge >= 0.3 is 0 Å². The Morgan fingerprint density at radius 3 is 2.64 bits per heavy atom. The maximum atomic E-state index is 13.0. The van der Waals surface area contributed by atoms with E-state index in [1.165, 1.54) is 0 Å². The summed E-state index contributed by atoms with van der Waals surface area (Å²) >= 11 is 11.6. The van der Waals surface area contributed by atoms with Crippen LogP contribution in [-0.2, 0) is 4.79 Å². The molecule has 1 atom stereocenters. The van der Waals surface area contributed by atoms with Crippen LogP contribution in [0.3, 0.4) is 0 Å². The van der Waals surface area contributed by atoms with Gasteiger partial charge in [0.1, 0.15) is 0 Å². The maximum Gasteiger partial charge on any atom is 0.255 e. The van der Waals surface area contributed by atoms with E-state index in [4.69, 9.17) is 23.8 Å². The Bertz CT molecular complexity index is 878. The molecule has 0 aromatic heterocycles. The molecule has 0 fully saturated rings. The van der Waals surface area contributed by atoms with Crippen molar-refractivity contribution in [1.82, 2.24) is 10.6 Å². The van der Waals surface area contributed by atoms with Crippen LogP contribution in [-0.4, -0.2) is 11.0 Å². The van der Waals surface area contributed by atoms with Gasteiger partial charge in [0, 0.05) is 16.4 Å². The minimum atomic E-state index is -0.410. The Morgan fingerprint density at radius 1 is 1.16 bits per heavy atom. The van der Waals surface area contributed by atoms with Crippen LogP contribution in [0.5, 0.6) is 0 Å². The van der Waals surface area contributed by atoms with E-state index in [1.807, 2.05) is 56.3 Å². The van der Waals surface area contributed by atoms with Crippen molar-refractivity contribution in [3.05, 3.63) is 76.0 Å². The molecule has 2 aromatic rings. The zero-order chi connectivity index (χ0) is 18.0. The molecule has 128 valence electrons. The third-order valence-corrected chi connectivity index (χ3v) is 4.57. The summed E-state index contributed by atoms with van der Waals surface area (Å²) in [5.41, 5.74) is 3.90. The molecule has 1 aliphatic rings. The number of thiocarbonyl (C=S) groups is 1. The van der Waals surface area contributed by atoms with Gasteiger partial charge in [0.2, 0.25) is 0 Å². The first kappa shape index (κ1) is 17.5. The van der Waals surface area contributed by atoms with E-state index in [2.05, 4.69) is 16.0 Å². The first-order chi connectivity index (χ1) is 12.0. The highest BCUT2D eigenvalue weighted by atomic mass is 35.5. The lowest BCUT2D eigenvalue weighted by Crippen LogP contribution is -2.45. The Hall–Kier alpha value is -2.37. The van der Waals surface area contributed by atoms with Crippen LogP contribution >= 0.6 is 23.8 Å². The topological polar surface area (TPSA) is 53.2 Å². The molecule has 0 spiro atoms. The van der Waals surface area contributed by atoms with Crippen LogP contribution in [0.4, 0.5) is 5.69 Å². The van der Waals surface area contributed by atoms with E-state index in [1.54, 1.807) is 6.07 Å². The van der Waals surface area contributed by atoms with Crippen molar-refractivity contribution in [2.24, 2.45) is 0 Å². The van der Waals surface area contributed by atoms with Crippen molar-refractivity contribution >= 4 is 40.5 Å². The number of amides is 1. The number of halogens is 1. The van der Waals surface area contributed by atoms with E-state index in [0.717, 1.165) is 16.8 Å². The van der Waals surface area contributed by atoms with Crippen LogP contribution in [0.25, 0.3) is 0 Å². The van der Waals surface area contributed by atoms with Crippen molar-refractivity contribution in [3.8, 4) is 0 Å². The number of benzene rings is 2. The van der Waals surface area contributed by atoms with E-state index in [9.17, 15) is 4.79 Å². The van der Waals surface area contributed by atoms with Gasteiger partial charge in [-0.2, -0.15) is 0 Å². The highest BCUT2D eigenvalue weighted by Gasteiger charge is 2.31. The van der Waals surface area contributed by atoms with Gasteiger partial charge in [-0.15, -0.1) is 0 Å². The highest BCUT2D eigenvalue weighted by Crippen LogP contribution is 2.32. The number of nitrogens with one attached hydrogen (secondary N) is 3. The fourth-order valence-corrected chi connectivity index (χ4v) is 3.37. The van der Waals surface area contributed by atoms with Gasteiger partial charge in [0.05, 0.1) is 11.6 Å². The van der Waals surface area contributed by atoms with Gasteiger partial charge in [-0.1, -0.05) is 41.9 Å². The molecule has 3 rings (SSSR count). The van der Waals surface area contributed by atoms with Gasteiger partial charge in [0.15, 0.2) is 5.11 Å². The van der Waals surface area contributed by atoms with Crippen molar-refractivity contribution in [3.63, 3.8) is 0 Å². The Labute approximate surface area is 157 Å². The Balaban J connectivity index is 1.97. The number of allylic oxidation sites excluding steroid dienone is 1. The standard InChI is InChI=1S/C19H18ClN3OS/c1-11-6-5-7-13(10-11)22-18(24)16-12(2)21-19(25)23-17(16)14-8-3-4-9-15(14)20/h3-10,17H,1-2H3,(H,22,24)(H2,21,23,25)/t17-/m0/s1. The number of aryl methyl sites for hydroxylation is 1. The molecule has 4 nitrogen and oxygen atoms in total. The number of hydrogen-bond acceptors (Lipinski definition) is 2. The average Bonchev–Trinajstić information content (AvgIpc) is 2.54. The lowest BCUT2D eigenvalue weighted by atomic mass is 9.95. The molecule has 0 bridgehead atoms. The molecule has 0 saturated carbocycles. The van der Waals surface area contributed by atoms with Crippen LogP contribution in [0.15, 0.2) is 59.8 Å². The molecule has 0 radical (unpaired) electrons. The summed E-state index contributed by atoms with van der Waals surface area (Å²) in [5.74, 6) is -0.199. The second kappa shape index (κ2) is 7.25. The fourth-order valence-electron chi connectivity index (χ4n) is 2.86. The van der Waals surface area contributed by atoms with E-state index in [0.29, 0.717) is 21.4 Å². The molecule has 2 aromatic carbocycles. The van der Waals surface area contributed by atoms with Crippen molar-refractivity contribution < 1.29 is 4.79 Å². The summed E-state index contributed by atoms with van der Waals surface area (Å²) in [4.78, 5) is 13.0. The summed E-state index contributed by atoms with van der Waals surface area (Å²) in [6, 6.07) is 14.7. The molecule has 3 N–H and O–H groups in total. The number of hydrogen-bond donors (Lipinski definition) is 3. The molecule has 6 heteroatoms. The number of carbonyl (C=O) groups excluding carboxylic acids is 1. The van der Waals surface area contributed by atoms with E-state index in [-0.39, 0.29) is 5.91 Å². The Morgan fingerprint density at radius 2 is 1.92 bits per heavy atom. The third-order valence-electron chi connectivity index (χ3n) is 4.01. The number of anilines is 1. The quantitative estimate of drug-likeness (QED) is 0.711. The summed E-state index contributed by atoms with van der Waals surface area (Å²) in [7, 11) is 0. The lowest BCUT2D eigenvalue weighted by Gasteiger charge is -2.30. The van der Waals surface area contributed by atoms with Gasteiger partial charge in [-0.05, 0) is 55.4 Å². The van der Waals surface area contributed by atoms with Crippen LogP contribution in [0.2, 0.25) is 5.02 Å². The molecule has 1 heterocycles. The maximum absolute atomic E-state index is 13.0. The predicted molar refractivity (Wildman–Crippen MR) is 106 cm³/mol. The number of rotatable bonds is 3. The summed E-state index contributed by atoms with van der Waals surface area (Å²) in [6.45, 7) is 3.82. The number of carbonyl (C=O) groups is 1. The molecule has 1 amide bonds. The second-order valence-corrected chi connectivity index (χ2v) is 6.73. The second-order valence-electron chi connectivity index (χ2n) is 5.92. The normalized spacial score (nSPS) is 16.9. The minimum Gasteiger partial charge on any atom is -0.351 e. The molecule has 25 heavy (non-hydrogen) atoms. The monoisotopic (exact) mass is 371 g/mol.